The Morgan fingerprint density at radius 3 is 2.35 bits per heavy atom. The number of rotatable bonds is 13. The number of unbranched alkanes of at least 4 members (excludes halogenated alkanes) is 3. The molecule has 2 atom stereocenters. The zero-order valence-corrected chi connectivity index (χ0v) is 15.3. The normalized spacial score (nSPS) is 15.7. The molecule has 8 heteroatoms. The Labute approximate surface area is 139 Å². The van der Waals surface area contributed by atoms with Crippen molar-refractivity contribution in [1.29, 1.82) is 0 Å². The molecule has 23 heavy (non-hydrogen) atoms. The van der Waals surface area contributed by atoms with Gasteiger partial charge in [-0.25, -0.2) is 4.79 Å². The molecule has 0 aromatic heterocycles. The van der Waals surface area contributed by atoms with Crippen LogP contribution in [0.4, 0.5) is 0 Å². The number of carbonyl (C=O) groups excluding carboxylic acids is 1. The standard InChI is InChI=1S/C15H30NO6P/c1-5-15(17)21-12-9-7-6-8-10-14(16(2,3)4)11-13-22-23(18,19)20/h5,14H,1,6-13H2,2-4H3,(H-,18,19,20). The van der Waals surface area contributed by atoms with Gasteiger partial charge in [-0.05, 0) is 19.3 Å². The fourth-order valence-corrected chi connectivity index (χ4v) is 2.63. The van der Waals surface area contributed by atoms with Gasteiger partial charge < -0.3 is 23.5 Å². The summed E-state index contributed by atoms with van der Waals surface area (Å²) >= 11 is 0. The van der Waals surface area contributed by atoms with E-state index in [2.05, 4.69) is 32.2 Å². The molecule has 0 heterocycles. The second-order valence-corrected chi connectivity index (χ2v) is 7.63. The molecule has 0 aliphatic rings. The van der Waals surface area contributed by atoms with Gasteiger partial charge in [-0.3, -0.25) is 4.57 Å². The molecule has 0 aliphatic heterocycles. The summed E-state index contributed by atoms with van der Waals surface area (Å²) in [5.74, 6) is -0.394. The molecule has 0 rings (SSSR count). The summed E-state index contributed by atoms with van der Waals surface area (Å²) < 4.78 is 20.6. The van der Waals surface area contributed by atoms with Gasteiger partial charge in [0.05, 0.1) is 40.4 Å². The summed E-state index contributed by atoms with van der Waals surface area (Å²) in [7, 11) is 1.52. The Balaban J connectivity index is 3.92. The number of quaternary nitrogens is 1. The third-order valence-electron chi connectivity index (χ3n) is 3.64. The van der Waals surface area contributed by atoms with Crippen LogP contribution < -0.4 is 4.89 Å². The van der Waals surface area contributed by atoms with E-state index in [1.807, 2.05) is 0 Å². The van der Waals surface area contributed by atoms with Crippen molar-refractivity contribution < 1.29 is 32.9 Å². The predicted octanol–water partition coefficient (Wildman–Crippen LogP) is 1.61. The van der Waals surface area contributed by atoms with Gasteiger partial charge in [-0.15, -0.1) is 0 Å². The van der Waals surface area contributed by atoms with Crippen LogP contribution in [0.25, 0.3) is 0 Å². The first-order chi connectivity index (χ1) is 10.6. The van der Waals surface area contributed by atoms with Gasteiger partial charge in [0, 0.05) is 12.5 Å². The second kappa shape index (κ2) is 10.9. The average Bonchev–Trinajstić information content (AvgIpc) is 2.41. The predicted molar refractivity (Wildman–Crippen MR) is 86.5 cm³/mol. The van der Waals surface area contributed by atoms with Crippen molar-refractivity contribution >= 4 is 13.8 Å². The van der Waals surface area contributed by atoms with Crippen LogP contribution in [0, 0.1) is 0 Å². The topological polar surface area (TPSA) is 95.9 Å². The van der Waals surface area contributed by atoms with Gasteiger partial charge in [0.15, 0.2) is 0 Å². The maximum Gasteiger partial charge on any atom is 0.330 e. The summed E-state index contributed by atoms with van der Waals surface area (Å²) in [4.78, 5) is 30.1. The highest BCUT2D eigenvalue weighted by atomic mass is 31.2. The molecular formula is C15H30NO6P. The molecular weight excluding hydrogens is 321 g/mol. The van der Waals surface area contributed by atoms with Crippen LogP contribution in [0.2, 0.25) is 0 Å². The van der Waals surface area contributed by atoms with E-state index in [0.717, 1.165) is 38.2 Å². The molecule has 0 aliphatic carbocycles. The summed E-state index contributed by atoms with van der Waals surface area (Å²) in [6, 6.07) is 0.250. The van der Waals surface area contributed by atoms with E-state index in [9.17, 15) is 14.3 Å². The fraction of sp³-hybridized carbons (Fsp3) is 0.800. The van der Waals surface area contributed by atoms with E-state index in [4.69, 9.17) is 9.63 Å². The van der Waals surface area contributed by atoms with E-state index in [-0.39, 0.29) is 12.6 Å². The first-order valence-corrected chi connectivity index (χ1v) is 9.34. The molecule has 0 radical (unpaired) electrons. The van der Waals surface area contributed by atoms with Crippen LogP contribution >= 0.6 is 7.82 Å². The zero-order valence-electron chi connectivity index (χ0n) is 14.4. The Morgan fingerprint density at radius 2 is 1.83 bits per heavy atom. The van der Waals surface area contributed by atoms with Gasteiger partial charge in [0.25, 0.3) is 7.82 Å². The average molecular weight is 351 g/mol. The van der Waals surface area contributed by atoms with Gasteiger partial charge >= 0.3 is 5.97 Å². The molecule has 7 nitrogen and oxygen atoms in total. The van der Waals surface area contributed by atoms with E-state index in [0.29, 0.717) is 17.5 Å². The molecule has 136 valence electrons. The van der Waals surface area contributed by atoms with Crippen molar-refractivity contribution in [2.75, 3.05) is 34.4 Å². The third-order valence-corrected chi connectivity index (χ3v) is 4.15. The fourth-order valence-electron chi connectivity index (χ4n) is 2.29. The lowest BCUT2D eigenvalue weighted by Crippen LogP contribution is -2.45. The van der Waals surface area contributed by atoms with E-state index < -0.39 is 13.8 Å². The molecule has 0 fully saturated rings. The third kappa shape index (κ3) is 13.4. The van der Waals surface area contributed by atoms with Crippen LogP contribution in [0.3, 0.4) is 0 Å². The number of nitrogens with zero attached hydrogens (tertiary/aromatic N) is 1. The minimum atomic E-state index is -4.63. The number of esters is 1. The van der Waals surface area contributed by atoms with Crippen molar-refractivity contribution in [1.82, 2.24) is 0 Å². The Hall–Kier alpha value is -0.720. The molecule has 0 spiro atoms. The Bertz CT molecular complexity index is 401. The molecule has 0 aromatic rings. The number of phosphoric acid groups is 1. The first kappa shape index (κ1) is 22.3. The minimum Gasteiger partial charge on any atom is -0.756 e. The van der Waals surface area contributed by atoms with Gasteiger partial charge in [0.1, 0.15) is 0 Å². The Kier molecular flexibility index (Phi) is 10.6. The lowest BCUT2D eigenvalue weighted by molar-refractivity contribution is -0.896. The van der Waals surface area contributed by atoms with E-state index in [1.165, 1.54) is 0 Å². The number of hydrogen-bond donors (Lipinski definition) is 1. The number of carbonyl (C=O) groups is 1. The summed E-state index contributed by atoms with van der Waals surface area (Å²) in [6.07, 6.45) is 6.47. The monoisotopic (exact) mass is 351 g/mol. The maximum atomic E-state index is 10.9. The van der Waals surface area contributed by atoms with Crippen molar-refractivity contribution in [2.24, 2.45) is 0 Å². The lowest BCUT2D eigenvalue weighted by Gasteiger charge is -2.34. The second-order valence-electron chi connectivity index (χ2n) is 6.44. The van der Waals surface area contributed by atoms with Gasteiger partial charge in [-0.1, -0.05) is 19.4 Å². The first-order valence-electron chi connectivity index (χ1n) is 7.85. The smallest absolute Gasteiger partial charge is 0.330 e. The largest absolute Gasteiger partial charge is 0.756 e. The highest BCUT2D eigenvalue weighted by molar-refractivity contribution is 7.44. The van der Waals surface area contributed by atoms with Crippen LogP contribution in [0.1, 0.15) is 38.5 Å². The quantitative estimate of drug-likeness (QED) is 0.178. The Morgan fingerprint density at radius 1 is 1.22 bits per heavy atom. The van der Waals surface area contributed by atoms with Crippen LogP contribution in [-0.2, 0) is 18.6 Å². The van der Waals surface area contributed by atoms with Crippen molar-refractivity contribution in [2.45, 2.75) is 44.6 Å². The molecule has 0 saturated heterocycles. The van der Waals surface area contributed by atoms with E-state index in [1.54, 1.807) is 0 Å². The highest BCUT2D eigenvalue weighted by Gasteiger charge is 2.23. The van der Waals surface area contributed by atoms with Crippen molar-refractivity contribution in [3.63, 3.8) is 0 Å². The molecule has 0 saturated carbocycles. The summed E-state index contributed by atoms with van der Waals surface area (Å²) in [5.41, 5.74) is 0. The van der Waals surface area contributed by atoms with E-state index >= 15 is 0 Å². The van der Waals surface area contributed by atoms with Crippen LogP contribution in [0.5, 0.6) is 0 Å². The minimum absolute atomic E-state index is 0.00499. The van der Waals surface area contributed by atoms with Gasteiger partial charge in [-0.2, -0.15) is 0 Å². The number of hydrogen-bond acceptors (Lipinski definition) is 5. The highest BCUT2D eigenvalue weighted by Crippen LogP contribution is 2.31. The number of phosphoric ester groups is 1. The SMILES string of the molecule is C=CC(=O)OCCCCCCC(CCOP(=O)([O-])O)[N+](C)(C)C. The van der Waals surface area contributed by atoms with Crippen LogP contribution in [0.15, 0.2) is 12.7 Å². The molecule has 0 bridgehead atoms. The summed E-state index contributed by atoms with van der Waals surface area (Å²) in [6.45, 7) is 3.74. The van der Waals surface area contributed by atoms with Gasteiger partial charge in [0.2, 0.25) is 0 Å². The van der Waals surface area contributed by atoms with Crippen LogP contribution in [-0.4, -0.2) is 55.7 Å². The molecule has 2 unspecified atom stereocenters. The molecule has 0 amide bonds. The number of ether oxygens (including phenoxy) is 1. The maximum absolute atomic E-state index is 10.9. The zero-order chi connectivity index (χ0) is 17.9. The van der Waals surface area contributed by atoms with Crippen molar-refractivity contribution in [3.05, 3.63) is 12.7 Å². The molecule has 0 aromatic carbocycles. The molecule has 1 N–H and O–H groups in total. The summed E-state index contributed by atoms with van der Waals surface area (Å²) in [5, 5.41) is 0. The van der Waals surface area contributed by atoms with Crippen molar-refractivity contribution in [3.8, 4) is 0 Å². The lowest BCUT2D eigenvalue weighted by atomic mass is 10.0.